The number of pyridine rings is 2. The predicted molar refractivity (Wildman–Crippen MR) is 150 cm³/mol. The third-order valence-electron chi connectivity index (χ3n) is 6.74. The van der Waals surface area contributed by atoms with Crippen molar-refractivity contribution in [3.8, 4) is 28.3 Å². The summed E-state index contributed by atoms with van der Waals surface area (Å²) in [6, 6.07) is 36.9. The van der Waals surface area contributed by atoms with Gasteiger partial charge in [0.25, 0.3) is 0 Å². The number of methoxy groups -OCH3 is 1. The van der Waals surface area contributed by atoms with Gasteiger partial charge in [0.15, 0.2) is 0 Å². The molecule has 0 atom stereocenters. The molecule has 6 rings (SSSR count). The standard InChI is InChI=1S/C33H26N2O2/c1-37-27-13-7-12-26(17-27)31-19-24-10-3-5-15-29(24)33(35-31)20-32-28-14-4-2-9-23(28)18-30(34-32)25-11-6-8-22(16-25)21-36/h2-19,36H,20-21H2,1H3. The number of aliphatic hydroxyl groups is 1. The Morgan fingerprint density at radius 2 is 1.19 bits per heavy atom. The smallest absolute Gasteiger partial charge is 0.119 e. The van der Waals surface area contributed by atoms with Gasteiger partial charge < -0.3 is 9.84 Å². The fraction of sp³-hybridized carbons (Fsp3) is 0.0909. The van der Waals surface area contributed by atoms with E-state index in [0.29, 0.717) is 6.42 Å². The van der Waals surface area contributed by atoms with E-state index in [4.69, 9.17) is 14.7 Å². The highest BCUT2D eigenvalue weighted by molar-refractivity contribution is 5.91. The van der Waals surface area contributed by atoms with Gasteiger partial charge in [0.1, 0.15) is 5.75 Å². The molecule has 2 heterocycles. The minimum atomic E-state index is 0.00124. The highest BCUT2D eigenvalue weighted by Gasteiger charge is 2.14. The zero-order chi connectivity index (χ0) is 25.2. The van der Waals surface area contributed by atoms with Gasteiger partial charge in [-0.15, -0.1) is 0 Å². The minimum Gasteiger partial charge on any atom is -0.497 e. The van der Waals surface area contributed by atoms with Crippen LogP contribution in [0.2, 0.25) is 0 Å². The Hall–Kier alpha value is -4.54. The predicted octanol–water partition coefficient (Wildman–Crippen LogP) is 7.21. The van der Waals surface area contributed by atoms with Gasteiger partial charge in [-0.2, -0.15) is 0 Å². The maximum Gasteiger partial charge on any atom is 0.119 e. The summed E-state index contributed by atoms with van der Waals surface area (Å²) >= 11 is 0. The molecule has 0 aliphatic carbocycles. The maximum absolute atomic E-state index is 9.65. The molecule has 6 aromatic rings. The summed E-state index contributed by atoms with van der Waals surface area (Å²) in [5.74, 6) is 0.805. The Balaban J connectivity index is 1.52. The number of benzene rings is 4. The fourth-order valence-corrected chi connectivity index (χ4v) is 4.88. The Kier molecular flexibility index (Phi) is 6.09. The maximum atomic E-state index is 9.65. The first-order chi connectivity index (χ1) is 18.2. The molecule has 0 bridgehead atoms. The number of fused-ring (bicyclic) bond motifs is 2. The van der Waals surface area contributed by atoms with Crippen LogP contribution >= 0.6 is 0 Å². The Labute approximate surface area is 215 Å². The molecule has 0 unspecified atom stereocenters. The SMILES string of the molecule is COc1cccc(-c2cc3ccccc3c(Cc3nc(-c4cccc(CO)c4)cc4ccccc34)n2)c1. The summed E-state index contributed by atoms with van der Waals surface area (Å²) in [5, 5.41) is 14.1. The van der Waals surface area contributed by atoms with Crippen molar-refractivity contribution < 1.29 is 9.84 Å². The molecule has 4 nitrogen and oxygen atoms in total. The van der Waals surface area contributed by atoms with Crippen molar-refractivity contribution in [3.05, 3.63) is 126 Å². The van der Waals surface area contributed by atoms with Gasteiger partial charge in [-0.3, -0.25) is 9.97 Å². The first kappa shape index (κ1) is 22.9. The molecular weight excluding hydrogens is 456 g/mol. The molecule has 4 aromatic carbocycles. The van der Waals surface area contributed by atoms with Crippen LogP contribution in [0.5, 0.6) is 5.75 Å². The Morgan fingerprint density at radius 3 is 1.78 bits per heavy atom. The highest BCUT2D eigenvalue weighted by Crippen LogP contribution is 2.31. The van der Waals surface area contributed by atoms with Crippen molar-refractivity contribution in [1.82, 2.24) is 9.97 Å². The lowest BCUT2D eigenvalue weighted by atomic mass is 9.99. The molecule has 1 N–H and O–H groups in total. The lowest BCUT2D eigenvalue weighted by molar-refractivity contribution is 0.282. The van der Waals surface area contributed by atoms with Gasteiger partial charge in [-0.05, 0) is 46.7 Å². The molecule has 0 fully saturated rings. The molecule has 180 valence electrons. The lowest BCUT2D eigenvalue weighted by Crippen LogP contribution is -2.01. The van der Waals surface area contributed by atoms with Gasteiger partial charge in [0.05, 0.1) is 36.5 Å². The number of hydrogen-bond acceptors (Lipinski definition) is 4. The summed E-state index contributed by atoms with van der Waals surface area (Å²) in [6.45, 7) is 0.00124. The lowest BCUT2D eigenvalue weighted by Gasteiger charge is -2.13. The number of nitrogens with zero attached hydrogens (tertiary/aromatic N) is 2. The summed E-state index contributed by atoms with van der Waals surface area (Å²) in [4.78, 5) is 10.3. The average Bonchev–Trinajstić information content (AvgIpc) is 2.97. The van der Waals surface area contributed by atoms with Crippen LogP contribution in [0.15, 0.2) is 109 Å². The second-order valence-electron chi connectivity index (χ2n) is 9.12. The molecule has 4 heteroatoms. The highest BCUT2D eigenvalue weighted by atomic mass is 16.5. The summed E-state index contributed by atoms with van der Waals surface area (Å²) < 4.78 is 5.46. The molecule has 0 amide bonds. The van der Waals surface area contributed by atoms with Crippen LogP contribution in [0, 0.1) is 0 Å². The quantitative estimate of drug-likeness (QED) is 0.273. The normalized spacial score (nSPS) is 11.2. The number of hydrogen-bond donors (Lipinski definition) is 1. The van der Waals surface area contributed by atoms with Crippen molar-refractivity contribution in [2.24, 2.45) is 0 Å². The number of aromatic nitrogens is 2. The van der Waals surface area contributed by atoms with Crippen molar-refractivity contribution >= 4 is 21.5 Å². The zero-order valence-corrected chi connectivity index (χ0v) is 20.6. The fourth-order valence-electron chi connectivity index (χ4n) is 4.88. The van der Waals surface area contributed by atoms with Crippen LogP contribution in [0.1, 0.15) is 17.0 Å². The van der Waals surface area contributed by atoms with E-state index in [1.54, 1.807) is 7.11 Å². The van der Waals surface area contributed by atoms with Crippen molar-refractivity contribution in [2.45, 2.75) is 13.0 Å². The van der Waals surface area contributed by atoms with Crippen molar-refractivity contribution in [1.29, 1.82) is 0 Å². The summed E-state index contributed by atoms with van der Waals surface area (Å²) in [5.41, 5.74) is 6.62. The number of ether oxygens (including phenoxy) is 1. The zero-order valence-electron chi connectivity index (χ0n) is 20.6. The second kappa shape index (κ2) is 9.84. The van der Waals surface area contributed by atoms with Crippen LogP contribution in [0.3, 0.4) is 0 Å². The van der Waals surface area contributed by atoms with E-state index in [1.807, 2.05) is 42.5 Å². The molecule has 0 radical (unpaired) electrons. The van der Waals surface area contributed by atoms with E-state index in [-0.39, 0.29) is 6.61 Å². The van der Waals surface area contributed by atoms with Gasteiger partial charge in [-0.25, -0.2) is 0 Å². The van der Waals surface area contributed by atoms with Crippen LogP contribution in [-0.4, -0.2) is 22.2 Å². The van der Waals surface area contributed by atoms with E-state index >= 15 is 0 Å². The third kappa shape index (κ3) is 4.55. The molecule has 0 saturated heterocycles. The largest absolute Gasteiger partial charge is 0.497 e. The number of aliphatic hydroxyl groups excluding tert-OH is 1. The van der Waals surface area contributed by atoms with Crippen molar-refractivity contribution in [2.75, 3.05) is 7.11 Å². The summed E-state index contributed by atoms with van der Waals surface area (Å²) in [6.07, 6.45) is 0.590. The first-order valence-electron chi connectivity index (χ1n) is 12.3. The van der Waals surface area contributed by atoms with Crippen LogP contribution in [0.4, 0.5) is 0 Å². The average molecular weight is 483 g/mol. The van der Waals surface area contributed by atoms with E-state index in [9.17, 15) is 5.11 Å². The monoisotopic (exact) mass is 482 g/mol. The molecule has 0 spiro atoms. The Morgan fingerprint density at radius 1 is 0.622 bits per heavy atom. The van der Waals surface area contributed by atoms with Gasteiger partial charge in [0, 0.05) is 28.3 Å². The molecule has 2 aromatic heterocycles. The topological polar surface area (TPSA) is 55.2 Å². The molecule has 0 saturated carbocycles. The molecule has 37 heavy (non-hydrogen) atoms. The van der Waals surface area contributed by atoms with Crippen LogP contribution in [0.25, 0.3) is 44.1 Å². The van der Waals surface area contributed by atoms with E-state index < -0.39 is 0 Å². The Bertz CT molecular complexity index is 1610. The van der Waals surface area contributed by atoms with E-state index in [0.717, 1.165) is 66.8 Å². The second-order valence-corrected chi connectivity index (χ2v) is 9.12. The van der Waals surface area contributed by atoms with E-state index in [2.05, 4.69) is 66.7 Å². The van der Waals surface area contributed by atoms with Crippen molar-refractivity contribution in [3.63, 3.8) is 0 Å². The van der Waals surface area contributed by atoms with Gasteiger partial charge >= 0.3 is 0 Å². The van der Waals surface area contributed by atoms with E-state index in [1.165, 1.54) is 0 Å². The van der Waals surface area contributed by atoms with Crippen LogP contribution < -0.4 is 4.74 Å². The number of rotatable bonds is 6. The van der Waals surface area contributed by atoms with Crippen LogP contribution in [-0.2, 0) is 13.0 Å². The third-order valence-corrected chi connectivity index (χ3v) is 6.74. The van der Waals surface area contributed by atoms with Gasteiger partial charge in [-0.1, -0.05) is 78.9 Å². The summed E-state index contributed by atoms with van der Waals surface area (Å²) in [7, 11) is 1.68. The minimum absolute atomic E-state index is 0.00124. The molecule has 0 aliphatic rings. The first-order valence-corrected chi connectivity index (χ1v) is 12.3. The molecule has 0 aliphatic heterocycles. The van der Waals surface area contributed by atoms with Gasteiger partial charge in [0.2, 0.25) is 0 Å². The molecular formula is C33H26N2O2.